The van der Waals surface area contributed by atoms with E-state index in [0.717, 1.165) is 6.08 Å². The van der Waals surface area contributed by atoms with Gasteiger partial charge in [0.2, 0.25) is 5.78 Å². The van der Waals surface area contributed by atoms with Crippen molar-refractivity contribution in [3.05, 3.63) is 12.2 Å². The van der Waals surface area contributed by atoms with Crippen LogP contribution in [0.1, 0.15) is 0 Å². The van der Waals surface area contributed by atoms with Gasteiger partial charge in [-0.25, -0.2) is 0 Å². The van der Waals surface area contributed by atoms with Crippen LogP contribution in [0.4, 0.5) is 8.78 Å². The van der Waals surface area contributed by atoms with Gasteiger partial charge in [-0.15, -0.1) is 0 Å². The molecule has 3 heteroatoms. The Morgan fingerprint density at radius 2 is 2.00 bits per heavy atom. The molecule has 1 nitrogen and oxygen atoms in total. The first-order valence-corrected chi connectivity index (χ1v) is 1.74. The largest absolute Gasteiger partial charge is 0.328 e. The molecule has 0 amide bonds. The van der Waals surface area contributed by atoms with Gasteiger partial charge >= 0.3 is 5.92 Å². The molecule has 7 heavy (non-hydrogen) atoms. The zero-order chi connectivity index (χ0) is 5.49. The van der Waals surface area contributed by atoms with E-state index >= 15 is 0 Å². The molecule has 1 aliphatic carbocycles. The molecule has 1 aliphatic rings. The Hall–Kier alpha value is -0.730. The molecule has 0 spiro atoms. The summed E-state index contributed by atoms with van der Waals surface area (Å²) in [4.78, 5) is 9.72. The summed E-state index contributed by atoms with van der Waals surface area (Å²) >= 11 is 0. The van der Waals surface area contributed by atoms with Crippen molar-refractivity contribution in [2.75, 3.05) is 0 Å². The number of allylic oxidation sites excluding steroid dienone is 2. The van der Waals surface area contributed by atoms with E-state index in [4.69, 9.17) is 0 Å². The fraction of sp³-hybridized carbons (Fsp3) is 0.250. The predicted octanol–water partition coefficient (Wildman–Crippen LogP) is 0.761. The summed E-state index contributed by atoms with van der Waals surface area (Å²) in [5.41, 5.74) is 0. The molecule has 1 rings (SSSR count). The van der Waals surface area contributed by atoms with Crippen molar-refractivity contribution in [1.82, 2.24) is 0 Å². The van der Waals surface area contributed by atoms with Gasteiger partial charge in [0, 0.05) is 0 Å². The van der Waals surface area contributed by atoms with E-state index in [2.05, 4.69) is 0 Å². The Kier molecular flexibility index (Phi) is 0.576. The van der Waals surface area contributed by atoms with Gasteiger partial charge in [0.1, 0.15) is 0 Å². The van der Waals surface area contributed by atoms with E-state index in [9.17, 15) is 13.6 Å². The molecular weight excluding hydrogens is 102 g/mol. The molecule has 0 unspecified atom stereocenters. The second kappa shape index (κ2) is 0.911. The highest BCUT2D eigenvalue weighted by Gasteiger charge is 2.40. The molecule has 38 valence electrons. The lowest BCUT2D eigenvalue weighted by Gasteiger charge is -2.13. The van der Waals surface area contributed by atoms with Crippen LogP contribution in [0.2, 0.25) is 0 Å². The summed E-state index contributed by atoms with van der Waals surface area (Å²) in [6.07, 6.45) is 1.44. The monoisotopic (exact) mass is 104 g/mol. The number of hydrogen-bond donors (Lipinski definition) is 0. The molecule has 0 aromatic heterocycles. The summed E-state index contributed by atoms with van der Waals surface area (Å²) in [6, 6.07) is 0. The third-order valence-electron chi connectivity index (χ3n) is 0.773. The lowest BCUT2D eigenvalue weighted by Crippen LogP contribution is -2.31. The molecule has 0 N–H and O–H groups in total. The van der Waals surface area contributed by atoms with Crippen molar-refractivity contribution in [3.8, 4) is 0 Å². The topological polar surface area (TPSA) is 17.1 Å². The van der Waals surface area contributed by atoms with Crippen LogP contribution >= 0.6 is 0 Å². The number of alkyl halides is 2. The third kappa shape index (κ3) is 0.444. The zero-order valence-electron chi connectivity index (χ0n) is 3.32. The van der Waals surface area contributed by atoms with Crippen LogP contribution in [-0.4, -0.2) is 11.7 Å². The van der Waals surface area contributed by atoms with Crippen molar-refractivity contribution in [1.29, 1.82) is 0 Å². The smallest absolute Gasteiger partial charge is 0.288 e. The van der Waals surface area contributed by atoms with Gasteiger partial charge in [0.25, 0.3) is 0 Å². The number of ketones is 1. The molecule has 0 radical (unpaired) electrons. The average molecular weight is 104 g/mol. The van der Waals surface area contributed by atoms with Crippen molar-refractivity contribution in [3.63, 3.8) is 0 Å². The second-order valence-electron chi connectivity index (χ2n) is 1.32. The Labute approximate surface area is 38.6 Å². The van der Waals surface area contributed by atoms with Crippen LogP contribution in [0.3, 0.4) is 0 Å². The van der Waals surface area contributed by atoms with Crippen LogP contribution in [0.25, 0.3) is 0 Å². The fourth-order valence-corrected chi connectivity index (χ4v) is 0.277. The maximum absolute atomic E-state index is 11.5. The van der Waals surface area contributed by atoms with Gasteiger partial charge in [-0.05, 0) is 12.2 Å². The molecule has 0 fully saturated rings. The summed E-state index contributed by atoms with van der Waals surface area (Å²) < 4.78 is 23.0. The molecule has 0 aromatic rings. The first kappa shape index (κ1) is 4.43. The zero-order valence-corrected chi connectivity index (χ0v) is 3.32. The van der Waals surface area contributed by atoms with Crippen LogP contribution < -0.4 is 0 Å². The maximum atomic E-state index is 11.5. The molecule has 0 atom stereocenters. The van der Waals surface area contributed by atoms with Crippen LogP contribution in [0.5, 0.6) is 0 Å². The molecule has 0 heterocycles. The minimum Gasteiger partial charge on any atom is -0.288 e. The number of carbonyl (C=O) groups excluding carboxylic acids is 1. The molecular formula is C4H2F2O. The summed E-state index contributed by atoms with van der Waals surface area (Å²) in [7, 11) is 0. The van der Waals surface area contributed by atoms with Crippen molar-refractivity contribution in [2.45, 2.75) is 5.92 Å². The van der Waals surface area contributed by atoms with E-state index in [1.165, 1.54) is 0 Å². The van der Waals surface area contributed by atoms with E-state index in [-0.39, 0.29) is 0 Å². The van der Waals surface area contributed by atoms with Gasteiger partial charge in [-0.3, -0.25) is 4.79 Å². The van der Waals surface area contributed by atoms with Gasteiger partial charge in [-0.1, -0.05) is 0 Å². The highest BCUT2D eigenvalue weighted by atomic mass is 19.3. The SMILES string of the molecule is O=C1C=CC1(F)F. The molecule has 0 aromatic carbocycles. The molecule has 0 bridgehead atoms. The van der Waals surface area contributed by atoms with Gasteiger partial charge in [0.05, 0.1) is 0 Å². The Morgan fingerprint density at radius 3 is 2.00 bits per heavy atom. The number of hydrogen-bond acceptors (Lipinski definition) is 1. The lowest BCUT2D eigenvalue weighted by atomic mass is 10.1. The van der Waals surface area contributed by atoms with E-state index in [1.54, 1.807) is 0 Å². The quantitative estimate of drug-likeness (QED) is 0.443. The van der Waals surface area contributed by atoms with Crippen molar-refractivity contribution >= 4 is 5.78 Å². The minimum absolute atomic E-state index is 0.579. The Morgan fingerprint density at radius 1 is 1.57 bits per heavy atom. The number of rotatable bonds is 0. The Balaban J connectivity index is 2.83. The van der Waals surface area contributed by atoms with E-state index < -0.39 is 11.7 Å². The normalized spacial score (nSPS) is 24.6. The van der Waals surface area contributed by atoms with Crippen LogP contribution in [-0.2, 0) is 4.79 Å². The number of carbonyl (C=O) groups is 1. The summed E-state index contributed by atoms with van der Waals surface area (Å²) in [6.45, 7) is 0. The molecule has 0 saturated heterocycles. The molecule has 0 saturated carbocycles. The van der Waals surface area contributed by atoms with Crippen molar-refractivity contribution < 1.29 is 13.6 Å². The van der Waals surface area contributed by atoms with Gasteiger partial charge < -0.3 is 0 Å². The van der Waals surface area contributed by atoms with E-state index in [1.807, 2.05) is 0 Å². The predicted molar refractivity (Wildman–Crippen MR) is 19.1 cm³/mol. The number of halogens is 2. The third-order valence-corrected chi connectivity index (χ3v) is 0.773. The summed E-state index contributed by atoms with van der Waals surface area (Å²) in [5, 5.41) is 0. The van der Waals surface area contributed by atoms with Gasteiger partial charge in [-0.2, -0.15) is 8.78 Å². The van der Waals surface area contributed by atoms with Gasteiger partial charge in [0.15, 0.2) is 0 Å². The lowest BCUT2D eigenvalue weighted by molar-refractivity contribution is -0.135. The van der Waals surface area contributed by atoms with Crippen LogP contribution in [0, 0.1) is 0 Å². The first-order valence-electron chi connectivity index (χ1n) is 1.74. The average Bonchev–Trinajstić information content (AvgIpc) is 1.63. The Bertz CT molecular complexity index is 137. The molecule has 0 aliphatic heterocycles. The highest BCUT2D eigenvalue weighted by Crippen LogP contribution is 2.24. The second-order valence-corrected chi connectivity index (χ2v) is 1.32. The minimum atomic E-state index is -3.14. The fourth-order valence-electron chi connectivity index (χ4n) is 0.277. The van der Waals surface area contributed by atoms with Crippen LogP contribution in [0.15, 0.2) is 12.2 Å². The highest BCUT2D eigenvalue weighted by molar-refractivity contribution is 6.03. The first-order chi connectivity index (χ1) is 3.13. The van der Waals surface area contributed by atoms with E-state index in [0.29, 0.717) is 6.08 Å². The standard InChI is InChI=1S/C4H2F2O/c5-4(6)2-1-3(4)7/h1-2H. The summed E-state index contributed by atoms with van der Waals surface area (Å²) in [5.74, 6) is -4.23. The maximum Gasteiger partial charge on any atom is 0.328 e. The van der Waals surface area contributed by atoms with Crippen molar-refractivity contribution in [2.24, 2.45) is 0 Å².